The van der Waals surface area contributed by atoms with Crippen LogP contribution in [0, 0.1) is 0 Å². The quantitative estimate of drug-likeness (QED) is 0.667. The van der Waals surface area contributed by atoms with Crippen molar-refractivity contribution in [3.63, 3.8) is 0 Å². The normalized spacial score (nSPS) is 21.7. The molecule has 1 aliphatic rings. The van der Waals surface area contributed by atoms with Crippen molar-refractivity contribution < 1.29 is 14.3 Å². The van der Waals surface area contributed by atoms with E-state index in [0.29, 0.717) is 6.42 Å². The lowest BCUT2D eigenvalue weighted by atomic mass is 9.99. The highest BCUT2D eigenvalue weighted by molar-refractivity contribution is 6.03. The number of nitrogens with zero attached hydrogens (tertiary/aromatic N) is 1. The van der Waals surface area contributed by atoms with Crippen LogP contribution in [0.25, 0.3) is 0 Å². The van der Waals surface area contributed by atoms with Gasteiger partial charge < -0.3 is 10.1 Å². The molecule has 2 amide bonds. The van der Waals surface area contributed by atoms with Gasteiger partial charge in [-0.15, -0.1) is 4.99 Å². The summed E-state index contributed by atoms with van der Waals surface area (Å²) >= 11 is 0. The topological polar surface area (TPSA) is 79.8 Å². The van der Waals surface area contributed by atoms with Crippen LogP contribution in [0.15, 0.2) is 4.99 Å². The van der Waals surface area contributed by atoms with Crippen LogP contribution >= 0.6 is 0 Å². The zero-order valence-electron chi connectivity index (χ0n) is 10.9. The van der Waals surface area contributed by atoms with Crippen LogP contribution in [-0.2, 0) is 9.53 Å². The van der Waals surface area contributed by atoms with Gasteiger partial charge in [-0.2, -0.15) is 0 Å². The van der Waals surface area contributed by atoms with Crippen LogP contribution in [0.2, 0.25) is 0 Å². The Morgan fingerprint density at radius 2 is 2.00 bits per heavy atom. The molecular weight excluding hydrogens is 222 g/mol. The number of amides is 2. The summed E-state index contributed by atoms with van der Waals surface area (Å²) < 4.78 is 5.03. The molecule has 2 N–H and O–H groups in total. The monoisotopic (exact) mass is 241 g/mol. The van der Waals surface area contributed by atoms with Crippen LogP contribution in [0.1, 0.15) is 41.0 Å². The third kappa shape index (κ3) is 4.84. The standard InChI is InChI=1S/C11H19N3O3/c1-10(2,3)17-9(16)13-8-12-7(15)6-11(4,5)14-8/h6H2,1-5H3,(H2,12,13,14,15,16). The highest BCUT2D eigenvalue weighted by Crippen LogP contribution is 2.12. The number of ether oxygens (including phenoxy) is 1. The molecule has 0 bridgehead atoms. The molecule has 96 valence electrons. The molecule has 6 heteroatoms. The molecule has 1 saturated heterocycles. The number of aliphatic imine (C=N–C) groups is 1. The van der Waals surface area contributed by atoms with Gasteiger partial charge in [0, 0.05) is 12.0 Å². The van der Waals surface area contributed by atoms with E-state index in [-0.39, 0.29) is 11.9 Å². The molecule has 0 spiro atoms. The maximum atomic E-state index is 11.4. The number of hydrogen-bond acceptors (Lipinski definition) is 3. The van der Waals surface area contributed by atoms with Gasteiger partial charge in [0.1, 0.15) is 5.60 Å². The van der Waals surface area contributed by atoms with Gasteiger partial charge in [-0.25, -0.2) is 4.79 Å². The molecule has 1 aliphatic heterocycles. The summed E-state index contributed by atoms with van der Waals surface area (Å²) in [6.45, 7) is 8.97. The Morgan fingerprint density at radius 1 is 1.41 bits per heavy atom. The Bertz CT molecular complexity index is 367. The van der Waals surface area contributed by atoms with E-state index in [2.05, 4.69) is 15.6 Å². The number of carbonyl (C=O) groups excluding carboxylic acids is 2. The lowest BCUT2D eigenvalue weighted by molar-refractivity contribution is -0.121. The molecule has 0 aromatic carbocycles. The van der Waals surface area contributed by atoms with E-state index in [1.54, 1.807) is 20.8 Å². The molecule has 1 rings (SSSR count). The van der Waals surface area contributed by atoms with E-state index in [0.717, 1.165) is 0 Å². The van der Waals surface area contributed by atoms with Crippen molar-refractivity contribution in [3.05, 3.63) is 0 Å². The molecule has 1 fully saturated rings. The maximum absolute atomic E-state index is 11.4. The molecule has 0 radical (unpaired) electrons. The molecule has 6 nitrogen and oxygen atoms in total. The molecule has 0 atom stereocenters. The Labute approximate surface area is 101 Å². The van der Waals surface area contributed by atoms with Crippen molar-refractivity contribution in [3.8, 4) is 0 Å². The highest BCUT2D eigenvalue weighted by atomic mass is 16.6. The summed E-state index contributed by atoms with van der Waals surface area (Å²) in [5, 5.41) is 5.44. The molecule has 1 heterocycles. The minimum atomic E-state index is -0.724. The number of hydrogen-bond donors (Lipinski definition) is 2. The minimum absolute atomic E-state index is 0.139. The van der Waals surface area contributed by atoms with Crippen molar-refractivity contribution in [2.75, 3.05) is 0 Å². The van der Waals surface area contributed by atoms with Gasteiger partial charge in [0.05, 0.1) is 0 Å². The van der Waals surface area contributed by atoms with Gasteiger partial charge in [-0.3, -0.25) is 10.1 Å². The Morgan fingerprint density at radius 3 is 2.47 bits per heavy atom. The first-order valence-electron chi connectivity index (χ1n) is 5.47. The van der Waals surface area contributed by atoms with Crippen molar-refractivity contribution in [2.24, 2.45) is 4.99 Å². The molecule has 0 aromatic heterocycles. The summed E-state index contributed by atoms with van der Waals surface area (Å²) in [6, 6.07) is 0. The molecule has 0 aliphatic carbocycles. The van der Waals surface area contributed by atoms with E-state index < -0.39 is 17.2 Å². The molecule has 0 unspecified atom stereocenters. The zero-order chi connectivity index (χ0) is 13.3. The third-order valence-corrected chi connectivity index (χ3v) is 1.91. The van der Waals surface area contributed by atoms with E-state index in [9.17, 15) is 9.59 Å². The van der Waals surface area contributed by atoms with Gasteiger partial charge in [-0.1, -0.05) is 0 Å². The van der Waals surface area contributed by atoms with E-state index in [1.807, 2.05) is 13.8 Å². The van der Waals surface area contributed by atoms with Crippen LogP contribution in [0.5, 0.6) is 0 Å². The van der Waals surface area contributed by atoms with Gasteiger partial charge in [-0.05, 0) is 34.6 Å². The lowest BCUT2D eigenvalue weighted by Gasteiger charge is -2.32. The van der Waals surface area contributed by atoms with Gasteiger partial charge >= 0.3 is 6.09 Å². The second-order valence-electron chi connectivity index (χ2n) is 5.67. The largest absolute Gasteiger partial charge is 0.442 e. The highest BCUT2D eigenvalue weighted by Gasteiger charge is 2.30. The lowest BCUT2D eigenvalue weighted by Crippen LogP contribution is -2.58. The van der Waals surface area contributed by atoms with Crippen LogP contribution < -0.4 is 10.6 Å². The van der Waals surface area contributed by atoms with Crippen molar-refractivity contribution >= 4 is 18.0 Å². The Balaban J connectivity index is 2.72. The summed E-state index contributed by atoms with van der Waals surface area (Å²) in [4.78, 5) is 26.5. The smallest absolute Gasteiger partial charge is 0.437 e. The van der Waals surface area contributed by atoms with Gasteiger partial charge in [0.2, 0.25) is 11.9 Å². The Kier molecular flexibility index (Phi) is 3.45. The Hall–Kier alpha value is -1.59. The number of guanidine groups is 1. The molecule has 17 heavy (non-hydrogen) atoms. The zero-order valence-corrected chi connectivity index (χ0v) is 10.9. The summed E-state index contributed by atoms with van der Waals surface area (Å²) in [5.74, 6) is -0.0310. The van der Waals surface area contributed by atoms with Crippen molar-refractivity contribution in [1.29, 1.82) is 0 Å². The summed E-state index contributed by atoms with van der Waals surface area (Å²) in [5.41, 5.74) is -1.02. The predicted octanol–water partition coefficient (Wildman–Crippen LogP) is 1.17. The maximum Gasteiger partial charge on any atom is 0.437 e. The van der Waals surface area contributed by atoms with Crippen molar-refractivity contribution in [1.82, 2.24) is 10.6 Å². The first kappa shape index (κ1) is 13.5. The van der Waals surface area contributed by atoms with E-state index >= 15 is 0 Å². The second kappa shape index (κ2) is 4.35. The third-order valence-electron chi connectivity index (χ3n) is 1.91. The van der Waals surface area contributed by atoms with Gasteiger partial charge in [0.25, 0.3) is 0 Å². The fraction of sp³-hybridized carbons (Fsp3) is 0.727. The molecule has 0 saturated carbocycles. The van der Waals surface area contributed by atoms with Crippen molar-refractivity contribution in [2.45, 2.75) is 52.2 Å². The average Bonchev–Trinajstić information content (AvgIpc) is 1.93. The molecule has 0 aromatic rings. The predicted molar refractivity (Wildman–Crippen MR) is 63.6 cm³/mol. The first-order chi connectivity index (χ1) is 7.57. The number of carbonyl (C=O) groups is 2. The first-order valence-corrected chi connectivity index (χ1v) is 5.47. The van der Waals surface area contributed by atoms with E-state index in [4.69, 9.17) is 4.74 Å². The van der Waals surface area contributed by atoms with Crippen LogP contribution in [0.3, 0.4) is 0 Å². The fourth-order valence-electron chi connectivity index (χ4n) is 1.41. The minimum Gasteiger partial charge on any atom is -0.442 e. The SMILES string of the molecule is CC1(C)CC(=O)NC(=NC(=O)OC(C)(C)C)N1. The second-order valence-corrected chi connectivity index (χ2v) is 5.67. The summed E-state index contributed by atoms with van der Waals surface area (Å²) in [7, 11) is 0. The average molecular weight is 241 g/mol. The van der Waals surface area contributed by atoms with Gasteiger partial charge in [0.15, 0.2) is 0 Å². The van der Waals surface area contributed by atoms with Crippen LogP contribution in [0.4, 0.5) is 4.79 Å². The van der Waals surface area contributed by atoms with E-state index in [1.165, 1.54) is 0 Å². The summed E-state index contributed by atoms with van der Waals surface area (Å²) in [6.07, 6.45) is -0.390. The van der Waals surface area contributed by atoms with Crippen LogP contribution in [-0.4, -0.2) is 29.1 Å². The number of rotatable bonds is 0. The fourth-order valence-corrected chi connectivity index (χ4v) is 1.41. The molecular formula is C11H19N3O3. The number of nitrogens with one attached hydrogen (secondary N) is 2.